The number of carbonyl (C=O) groups excluding carboxylic acids is 1. The quantitative estimate of drug-likeness (QED) is 0.865. The highest BCUT2D eigenvalue weighted by Gasteiger charge is 2.39. The molecule has 3 aliphatic rings. The highest BCUT2D eigenvalue weighted by atomic mass is 16.2. The van der Waals surface area contributed by atoms with Gasteiger partial charge in [0, 0.05) is 18.6 Å². The third kappa shape index (κ3) is 3.44. The molecule has 2 saturated carbocycles. The van der Waals surface area contributed by atoms with Crippen molar-refractivity contribution in [2.24, 2.45) is 11.8 Å². The molecule has 0 bridgehead atoms. The number of rotatable bonds is 3. The second-order valence-corrected chi connectivity index (χ2v) is 7.57. The first-order chi connectivity index (χ1) is 10.3. The summed E-state index contributed by atoms with van der Waals surface area (Å²) in [6.45, 7) is 4.15. The van der Waals surface area contributed by atoms with Gasteiger partial charge in [0.1, 0.15) is 0 Å². The molecule has 2 aliphatic carbocycles. The molecule has 0 aromatic heterocycles. The van der Waals surface area contributed by atoms with Crippen molar-refractivity contribution in [3.63, 3.8) is 0 Å². The fourth-order valence-corrected chi connectivity index (χ4v) is 4.71. The second kappa shape index (κ2) is 7.13. The molecule has 0 aromatic carbocycles. The second-order valence-electron chi connectivity index (χ2n) is 7.57. The average Bonchev–Trinajstić information content (AvgIpc) is 2.96. The molecule has 21 heavy (non-hydrogen) atoms. The SMILES string of the molecule is C[C@@H]1CNC[C@H]1C(=O)N(C1CCCCC1)C1CCCCC1. The summed E-state index contributed by atoms with van der Waals surface area (Å²) in [7, 11) is 0. The van der Waals surface area contributed by atoms with Crippen LogP contribution in [0.15, 0.2) is 0 Å². The summed E-state index contributed by atoms with van der Waals surface area (Å²) in [5.41, 5.74) is 0. The molecule has 120 valence electrons. The van der Waals surface area contributed by atoms with E-state index in [4.69, 9.17) is 0 Å². The molecule has 1 N–H and O–H groups in total. The van der Waals surface area contributed by atoms with Crippen molar-refractivity contribution >= 4 is 5.91 Å². The van der Waals surface area contributed by atoms with Crippen LogP contribution in [0.1, 0.15) is 71.1 Å². The van der Waals surface area contributed by atoms with E-state index in [1.807, 2.05) is 0 Å². The smallest absolute Gasteiger partial charge is 0.227 e. The summed E-state index contributed by atoms with van der Waals surface area (Å²) < 4.78 is 0. The van der Waals surface area contributed by atoms with Gasteiger partial charge >= 0.3 is 0 Å². The fraction of sp³-hybridized carbons (Fsp3) is 0.944. The summed E-state index contributed by atoms with van der Waals surface area (Å²) in [4.78, 5) is 15.6. The van der Waals surface area contributed by atoms with Gasteiger partial charge in [-0.05, 0) is 38.1 Å². The molecule has 2 atom stereocenters. The highest BCUT2D eigenvalue weighted by Crippen LogP contribution is 2.33. The number of hydrogen-bond donors (Lipinski definition) is 1. The van der Waals surface area contributed by atoms with Crippen LogP contribution in [0.4, 0.5) is 0 Å². The van der Waals surface area contributed by atoms with Gasteiger partial charge < -0.3 is 10.2 Å². The van der Waals surface area contributed by atoms with Crippen LogP contribution in [0.5, 0.6) is 0 Å². The van der Waals surface area contributed by atoms with Gasteiger partial charge in [-0.2, -0.15) is 0 Å². The molecule has 1 amide bonds. The lowest BCUT2D eigenvalue weighted by molar-refractivity contribution is -0.143. The zero-order valence-corrected chi connectivity index (χ0v) is 13.7. The van der Waals surface area contributed by atoms with E-state index in [1.54, 1.807) is 0 Å². The Morgan fingerprint density at radius 2 is 1.38 bits per heavy atom. The summed E-state index contributed by atoms with van der Waals surface area (Å²) in [5, 5.41) is 3.42. The first kappa shape index (κ1) is 15.3. The van der Waals surface area contributed by atoms with E-state index in [0.29, 0.717) is 23.9 Å². The van der Waals surface area contributed by atoms with Crippen molar-refractivity contribution < 1.29 is 4.79 Å². The number of nitrogens with zero attached hydrogens (tertiary/aromatic N) is 1. The van der Waals surface area contributed by atoms with Gasteiger partial charge in [0.15, 0.2) is 0 Å². The predicted molar refractivity (Wildman–Crippen MR) is 86.1 cm³/mol. The molecular weight excluding hydrogens is 260 g/mol. The third-order valence-electron chi connectivity index (χ3n) is 6.03. The Bertz CT molecular complexity index is 327. The number of nitrogens with one attached hydrogen (secondary N) is 1. The lowest BCUT2D eigenvalue weighted by atomic mass is 9.86. The largest absolute Gasteiger partial charge is 0.336 e. The van der Waals surface area contributed by atoms with Gasteiger partial charge in [-0.3, -0.25) is 4.79 Å². The van der Waals surface area contributed by atoms with Crippen molar-refractivity contribution in [2.45, 2.75) is 83.2 Å². The van der Waals surface area contributed by atoms with Crippen LogP contribution in [0, 0.1) is 11.8 Å². The van der Waals surface area contributed by atoms with Gasteiger partial charge in [0.2, 0.25) is 5.91 Å². The van der Waals surface area contributed by atoms with Crippen molar-refractivity contribution in [1.29, 1.82) is 0 Å². The molecule has 3 fully saturated rings. The minimum Gasteiger partial charge on any atom is -0.336 e. The Labute approximate surface area is 129 Å². The topological polar surface area (TPSA) is 32.3 Å². The van der Waals surface area contributed by atoms with Crippen LogP contribution in [0.3, 0.4) is 0 Å². The van der Waals surface area contributed by atoms with Gasteiger partial charge in [0.05, 0.1) is 5.92 Å². The first-order valence-electron chi connectivity index (χ1n) is 9.30. The molecule has 1 heterocycles. The molecule has 0 aromatic rings. The highest BCUT2D eigenvalue weighted by molar-refractivity contribution is 5.80. The average molecular weight is 292 g/mol. The summed E-state index contributed by atoms with van der Waals surface area (Å²) >= 11 is 0. The molecule has 3 heteroatoms. The third-order valence-corrected chi connectivity index (χ3v) is 6.03. The van der Waals surface area contributed by atoms with Crippen LogP contribution in [-0.2, 0) is 4.79 Å². The molecule has 1 saturated heterocycles. The van der Waals surface area contributed by atoms with Crippen LogP contribution in [0.25, 0.3) is 0 Å². The van der Waals surface area contributed by atoms with Crippen LogP contribution >= 0.6 is 0 Å². The van der Waals surface area contributed by atoms with E-state index in [9.17, 15) is 4.79 Å². The number of amides is 1. The maximum absolute atomic E-state index is 13.2. The molecule has 0 unspecified atom stereocenters. The van der Waals surface area contributed by atoms with Crippen molar-refractivity contribution in [1.82, 2.24) is 10.2 Å². The lowest BCUT2D eigenvalue weighted by Gasteiger charge is -2.43. The Kier molecular flexibility index (Phi) is 5.20. The zero-order valence-electron chi connectivity index (χ0n) is 13.7. The minimum absolute atomic E-state index is 0.230. The van der Waals surface area contributed by atoms with Crippen LogP contribution in [0.2, 0.25) is 0 Å². The van der Waals surface area contributed by atoms with E-state index < -0.39 is 0 Å². The molecule has 0 radical (unpaired) electrons. The van der Waals surface area contributed by atoms with Crippen LogP contribution in [-0.4, -0.2) is 36.0 Å². The van der Waals surface area contributed by atoms with E-state index in [0.717, 1.165) is 13.1 Å². The molecule has 1 aliphatic heterocycles. The molecule has 3 rings (SSSR count). The van der Waals surface area contributed by atoms with E-state index >= 15 is 0 Å². The Balaban J connectivity index is 1.74. The monoisotopic (exact) mass is 292 g/mol. The number of carbonyl (C=O) groups is 1. The fourth-order valence-electron chi connectivity index (χ4n) is 4.71. The van der Waals surface area contributed by atoms with Gasteiger partial charge in [-0.15, -0.1) is 0 Å². The summed E-state index contributed by atoms with van der Waals surface area (Å²) in [5.74, 6) is 1.22. The molecule has 0 spiro atoms. The standard InChI is InChI=1S/C18H32N2O/c1-14-12-19-13-17(14)18(21)20(15-8-4-2-5-9-15)16-10-6-3-7-11-16/h14-17,19H,2-13H2,1H3/t14-,17-/m1/s1. The zero-order chi connectivity index (χ0) is 14.7. The van der Waals surface area contributed by atoms with Gasteiger partial charge in [0.25, 0.3) is 0 Å². The molecule has 3 nitrogen and oxygen atoms in total. The van der Waals surface area contributed by atoms with E-state index in [1.165, 1.54) is 64.2 Å². The van der Waals surface area contributed by atoms with E-state index in [-0.39, 0.29) is 5.92 Å². The minimum atomic E-state index is 0.230. The normalized spacial score (nSPS) is 32.2. The lowest BCUT2D eigenvalue weighted by Crippen LogP contribution is -2.52. The van der Waals surface area contributed by atoms with Gasteiger partial charge in [-0.1, -0.05) is 45.4 Å². The van der Waals surface area contributed by atoms with Gasteiger partial charge in [-0.25, -0.2) is 0 Å². The summed E-state index contributed by atoms with van der Waals surface area (Å²) in [6, 6.07) is 1.09. The summed E-state index contributed by atoms with van der Waals surface area (Å²) in [6.07, 6.45) is 13.0. The Morgan fingerprint density at radius 1 is 0.857 bits per heavy atom. The van der Waals surface area contributed by atoms with Crippen molar-refractivity contribution in [2.75, 3.05) is 13.1 Å². The maximum atomic E-state index is 13.2. The number of hydrogen-bond acceptors (Lipinski definition) is 2. The maximum Gasteiger partial charge on any atom is 0.227 e. The van der Waals surface area contributed by atoms with Crippen molar-refractivity contribution in [3.05, 3.63) is 0 Å². The molecular formula is C18H32N2O. The predicted octanol–water partition coefficient (Wildman–Crippen LogP) is 3.34. The Hall–Kier alpha value is -0.570. The van der Waals surface area contributed by atoms with Crippen LogP contribution < -0.4 is 5.32 Å². The first-order valence-corrected chi connectivity index (χ1v) is 9.30. The Morgan fingerprint density at radius 3 is 1.81 bits per heavy atom. The van der Waals surface area contributed by atoms with E-state index in [2.05, 4.69) is 17.1 Å². The van der Waals surface area contributed by atoms with Crippen molar-refractivity contribution in [3.8, 4) is 0 Å².